The van der Waals surface area contributed by atoms with Gasteiger partial charge in [-0.1, -0.05) is 6.07 Å². The number of cyclic esters (lactones) is 1. The number of rotatable bonds is 5. The van der Waals surface area contributed by atoms with Gasteiger partial charge in [0.05, 0.1) is 5.56 Å². The first-order chi connectivity index (χ1) is 8.24. The smallest absolute Gasteiger partial charge is 0.338 e. The number of ether oxygens (including phenoxy) is 1. The van der Waals surface area contributed by atoms with Gasteiger partial charge in [0, 0.05) is 18.7 Å². The lowest BCUT2D eigenvalue weighted by Crippen LogP contribution is -2.24. The number of hydrogen-bond acceptors (Lipinski definition) is 4. The van der Waals surface area contributed by atoms with E-state index in [-0.39, 0.29) is 5.97 Å². The van der Waals surface area contributed by atoms with Gasteiger partial charge in [0.2, 0.25) is 0 Å². The monoisotopic (exact) mass is 234 g/mol. The van der Waals surface area contributed by atoms with Crippen LogP contribution in [0.4, 0.5) is 0 Å². The van der Waals surface area contributed by atoms with Crippen molar-refractivity contribution < 1.29 is 9.53 Å². The van der Waals surface area contributed by atoms with Crippen LogP contribution in [0, 0.1) is 6.92 Å². The van der Waals surface area contributed by atoms with Crippen LogP contribution in [0.2, 0.25) is 0 Å². The van der Waals surface area contributed by atoms with Crippen molar-refractivity contribution in [3.63, 3.8) is 0 Å². The summed E-state index contributed by atoms with van der Waals surface area (Å²) in [5.41, 5.74) is 9.63. The third-order valence-electron chi connectivity index (χ3n) is 3.17. The number of carbonyl (C=O) groups is 1. The average molecular weight is 234 g/mol. The topological polar surface area (TPSA) is 64.3 Å². The highest BCUT2D eigenvalue weighted by atomic mass is 16.5. The van der Waals surface area contributed by atoms with Crippen molar-refractivity contribution >= 4 is 5.97 Å². The fourth-order valence-corrected chi connectivity index (χ4v) is 2.12. The quantitative estimate of drug-likeness (QED) is 0.583. The van der Waals surface area contributed by atoms with E-state index in [1.165, 1.54) is 11.1 Å². The molecule has 0 amide bonds. The molecule has 1 aliphatic rings. The fraction of sp³-hybridized carbons (Fsp3) is 0.462. The summed E-state index contributed by atoms with van der Waals surface area (Å²) >= 11 is 0. The predicted octanol–water partition coefficient (Wildman–Crippen LogP) is 0.756. The van der Waals surface area contributed by atoms with E-state index in [0.29, 0.717) is 13.2 Å². The number of nitrogens with one attached hydrogen (secondary N) is 1. The molecule has 2 rings (SSSR count). The van der Waals surface area contributed by atoms with Gasteiger partial charge < -0.3 is 15.8 Å². The highest BCUT2D eigenvalue weighted by molar-refractivity contribution is 5.93. The fourth-order valence-electron chi connectivity index (χ4n) is 2.12. The van der Waals surface area contributed by atoms with Gasteiger partial charge in [-0.2, -0.15) is 0 Å². The molecule has 4 nitrogen and oxygen atoms in total. The zero-order valence-electron chi connectivity index (χ0n) is 10.1. The maximum atomic E-state index is 11.4. The van der Waals surface area contributed by atoms with Crippen LogP contribution in [0.15, 0.2) is 12.1 Å². The number of benzene rings is 1. The Morgan fingerprint density at radius 2 is 2.24 bits per heavy atom. The van der Waals surface area contributed by atoms with Crippen LogP contribution in [-0.2, 0) is 17.8 Å². The van der Waals surface area contributed by atoms with Gasteiger partial charge in [-0.25, -0.2) is 4.79 Å². The molecular weight excluding hydrogens is 216 g/mol. The van der Waals surface area contributed by atoms with Gasteiger partial charge in [-0.3, -0.25) is 0 Å². The molecule has 1 aromatic carbocycles. The molecule has 1 heterocycles. The van der Waals surface area contributed by atoms with Crippen molar-refractivity contribution in [2.75, 3.05) is 19.6 Å². The van der Waals surface area contributed by atoms with Crippen LogP contribution in [0.5, 0.6) is 0 Å². The summed E-state index contributed by atoms with van der Waals surface area (Å²) in [5, 5.41) is 3.26. The molecule has 0 aliphatic carbocycles. The van der Waals surface area contributed by atoms with Crippen LogP contribution >= 0.6 is 0 Å². The Balaban J connectivity index is 2.07. The second-order valence-electron chi connectivity index (χ2n) is 4.24. The molecule has 92 valence electrons. The van der Waals surface area contributed by atoms with Crippen molar-refractivity contribution in [3.8, 4) is 0 Å². The van der Waals surface area contributed by atoms with Crippen molar-refractivity contribution in [2.45, 2.75) is 20.0 Å². The maximum Gasteiger partial charge on any atom is 0.338 e. The van der Waals surface area contributed by atoms with E-state index in [9.17, 15) is 4.79 Å². The van der Waals surface area contributed by atoms with Gasteiger partial charge in [0.1, 0.15) is 6.61 Å². The summed E-state index contributed by atoms with van der Waals surface area (Å²) in [6.07, 6.45) is 0.952. The number of fused-ring (bicyclic) bond motifs is 1. The molecule has 0 bridgehead atoms. The van der Waals surface area contributed by atoms with Crippen molar-refractivity contribution in [1.29, 1.82) is 0 Å². The van der Waals surface area contributed by atoms with Crippen LogP contribution in [0.3, 0.4) is 0 Å². The molecule has 0 atom stereocenters. The summed E-state index contributed by atoms with van der Waals surface area (Å²) in [5.74, 6) is -0.198. The molecular formula is C13H18N2O2. The van der Waals surface area contributed by atoms with E-state index in [4.69, 9.17) is 10.5 Å². The zero-order chi connectivity index (χ0) is 12.3. The normalized spacial score (nSPS) is 13.6. The number of esters is 1. The molecule has 3 N–H and O–H groups in total. The largest absolute Gasteiger partial charge is 0.457 e. The van der Waals surface area contributed by atoms with E-state index in [1.807, 2.05) is 12.1 Å². The average Bonchev–Trinajstić information content (AvgIpc) is 2.70. The van der Waals surface area contributed by atoms with E-state index in [2.05, 4.69) is 12.2 Å². The van der Waals surface area contributed by atoms with Gasteiger partial charge in [0.15, 0.2) is 0 Å². The van der Waals surface area contributed by atoms with E-state index in [0.717, 1.165) is 30.6 Å². The first kappa shape index (κ1) is 12.1. The lowest BCUT2D eigenvalue weighted by molar-refractivity contribution is 0.0535. The first-order valence-electron chi connectivity index (χ1n) is 5.93. The van der Waals surface area contributed by atoms with Gasteiger partial charge in [0.25, 0.3) is 0 Å². The van der Waals surface area contributed by atoms with E-state index < -0.39 is 0 Å². The zero-order valence-corrected chi connectivity index (χ0v) is 10.1. The van der Waals surface area contributed by atoms with Crippen molar-refractivity contribution in [3.05, 3.63) is 34.4 Å². The highest BCUT2D eigenvalue weighted by Gasteiger charge is 2.23. The molecule has 17 heavy (non-hydrogen) atoms. The molecule has 1 aliphatic heterocycles. The SMILES string of the molecule is Cc1c(CCNCCN)ccc2c1COC2=O. The third-order valence-corrected chi connectivity index (χ3v) is 3.17. The summed E-state index contributed by atoms with van der Waals surface area (Å²) in [6, 6.07) is 3.89. The van der Waals surface area contributed by atoms with Gasteiger partial charge in [-0.05, 0) is 37.1 Å². The Hall–Kier alpha value is -1.39. The highest BCUT2D eigenvalue weighted by Crippen LogP contribution is 2.25. The Morgan fingerprint density at radius 3 is 3.00 bits per heavy atom. The summed E-state index contributed by atoms with van der Waals surface area (Å²) in [6.45, 7) is 4.88. The minimum absolute atomic E-state index is 0.198. The molecule has 0 saturated carbocycles. The predicted molar refractivity (Wildman–Crippen MR) is 65.9 cm³/mol. The Morgan fingerprint density at radius 1 is 1.41 bits per heavy atom. The molecule has 0 radical (unpaired) electrons. The van der Waals surface area contributed by atoms with Crippen LogP contribution < -0.4 is 11.1 Å². The summed E-state index contributed by atoms with van der Waals surface area (Å²) in [7, 11) is 0. The lowest BCUT2D eigenvalue weighted by atomic mass is 9.97. The number of nitrogens with two attached hydrogens (primary N) is 1. The lowest BCUT2D eigenvalue weighted by Gasteiger charge is -2.09. The Kier molecular flexibility index (Phi) is 3.76. The second kappa shape index (κ2) is 5.29. The van der Waals surface area contributed by atoms with Crippen LogP contribution in [-0.4, -0.2) is 25.6 Å². The maximum absolute atomic E-state index is 11.4. The molecule has 0 saturated heterocycles. The van der Waals surface area contributed by atoms with Gasteiger partial charge >= 0.3 is 5.97 Å². The molecule has 0 fully saturated rings. The minimum Gasteiger partial charge on any atom is -0.457 e. The number of carbonyl (C=O) groups excluding carboxylic acids is 1. The van der Waals surface area contributed by atoms with Gasteiger partial charge in [-0.15, -0.1) is 0 Å². The van der Waals surface area contributed by atoms with E-state index >= 15 is 0 Å². The Bertz CT molecular complexity index is 430. The standard InChI is InChI=1S/C13H18N2O2/c1-9-10(4-6-15-7-5-14)2-3-11-12(9)8-17-13(11)16/h2-3,15H,4-8,14H2,1H3. The summed E-state index contributed by atoms with van der Waals surface area (Å²) < 4.78 is 5.03. The first-order valence-corrected chi connectivity index (χ1v) is 5.93. The Labute approximate surface area is 101 Å². The molecule has 0 unspecified atom stereocenters. The molecule has 1 aromatic rings. The van der Waals surface area contributed by atoms with Crippen molar-refractivity contribution in [2.24, 2.45) is 5.73 Å². The second-order valence-corrected chi connectivity index (χ2v) is 4.24. The third kappa shape index (κ3) is 2.48. The molecule has 0 aromatic heterocycles. The minimum atomic E-state index is -0.198. The summed E-state index contributed by atoms with van der Waals surface area (Å²) in [4.78, 5) is 11.4. The van der Waals surface area contributed by atoms with Crippen LogP contribution in [0.25, 0.3) is 0 Å². The van der Waals surface area contributed by atoms with E-state index in [1.54, 1.807) is 0 Å². The number of hydrogen-bond donors (Lipinski definition) is 2. The van der Waals surface area contributed by atoms with Crippen molar-refractivity contribution in [1.82, 2.24) is 5.32 Å². The van der Waals surface area contributed by atoms with Crippen LogP contribution in [0.1, 0.15) is 27.0 Å². The molecule has 4 heteroatoms. The molecule has 0 spiro atoms.